The van der Waals surface area contributed by atoms with Crippen molar-refractivity contribution in [2.75, 3.05) is 33.5 Å². The predicted molar refractivity (Wildman–Crippen MR) is 117 cm³/mol. The first-order chi connectivity index (χ1) is 14.7. The van der Waals surface area contributed by atoms with Gasteiger partial charge in [0.15, 0.2) is 11.1 Å². The Labute approximate surface area is 188 Å². The molecule has 1 saturated carbocycles. The van der Waals surface area contributed by atoms with Crippen LogP contribution in [0.15, 0.2) is 23.2 Å². The summed E-state index contributed by atoms with van der Waals surface area (Å²) in [4.78, 5) is 8.52. The van der Waals surface area contributed by atoms with Crippen molar-refractivity contribution >= 4 is 29.0 Å². The second-order valence-electron chi connectivity index (χ2n) is 8.07. The average molecular weight is 484 g/mol. The van der Waals surface area contributed by atoms with Gasteiger partial charge in [0.25, 0.3) is 0 Å². The van der Waals surface area contributed by atoms with Crippen molar-refractivity contribution in [3.8, 4) is 0 Å². The second kappa shape index (κ2) is 10.1. The van der Waals surface area contributed by atoms with Crippen LogP contribution in [0.2, 0.25) is 0 Å². The predicted octanol–water partition coefficient (Wildman–Crippen LogP) is 4.80. The van der Waals surface area contributed by atoms with Crippen LogP contribution in [0.25, 0.3) is 0 Å². The van der Waals surface area contributed by atoms with Gasteiger partial charge in [-0.05, 0) is 43.3 Å². The SMILES string of the molecule is CN(C)C(=N[C@@H]1CCCC[C@H]1NC(=S)Nc1cc(C(F)(F)F)cc(C(F)(F)F)c1)N(C)C. The molecule has 12 heteroatoms. The molecule has 1 aliphatic carbocycles. The van der Waals surface area contributed by atoms with Gasteiger partial charge in [-0.3, -0.25) is 0 Å². The normalized spacial score (nSPS) is 19.2. The van der Waals surface area contributed by atoms with E-state index in [2.05, 4.69) is 10.6 Å². The van der Waals surface area contributed by atoms with Gasteiger partial charge in [0.05, 0.1) is 23.2 Å². The highest BCUT2D eigenvalue weighted by Gasteiger charge is 2.37. The molecule has 1 aliphatic rings. The van der Waals surface area contributed by atoms with E-state index in [1.165, 1.54) is 0 Å². The molecule has 180 valence electrons. The van der Waals surface area contributed by atoms with Crippen molar-refractivity contribution in [1.82, 2.24) is 15.1 Å². The molecule has 0 saturated heterocycles. The molecule has 0 heterocycles. The summed E-state index contributed by atoms with van der Waals surface area (Å²) < 4.78 is 78.5. The first-order valence-corrected chi connectivity index (χ1v) is 10.4. The molecule has 32 heavy (non-hydrogen) atoms. The summed E-state index contributed by atoms with van der Waals surface area (Å²) in [6, 6.07) is 0.950. The maximum atomic E-state index is 13.1. The fraction of sp³-hybridized carbons (Fsp3) is 0.600. The lowest BCUT2D eigenvalue weighted by atomic mass is 9.91. The molecule has 1 aromatic carbocycles. The monoisotopic (exact) mass is 483 g/mol. The molecule has 2 atom stereocenters. The van der Waals surface area contributed by atoms with Crippen LogP contribution in [0.1, 0.15) is 36.8 Å². The number of halogens is 6. The maximum absolute atomic E-state index is 13.1. The van der Waals surface area contributed by atoms with E-state index in [1.807, 2.05) is 38.0 Å². The Morgan fingerprint density at radius 2 is 1.41 bits per heavy atom. The summed E-state index contributed by atoms with van der Waals surface area (Å²) >= 11 is 5.21. The van der Waals surface area contributed by atoms with Crippen molar-refractivity contribution in [1.29, 1.82) is 0 Å². The van der Waals surface area contributed by atoms with Gasteiger partial charge in [0.2, 0.25) is 0 Å². The van der Waals surface area contributed by atoms with E-state index < -0.39 is 23.5 Å². The number of thiocarbonyl (C=S) groups is 1. The highest BCUT2D eigenvalue weighted by atomic mass is 32.1. The third-order valence-electron chi connectivity index (χ3n) is 4.97. The molecule has 0 aliphatic heterocycles. The number of hydrogen-bond donors (Lipinski definition) is 2. The smallest absolute Gasteiger partial charge is 0.358 e. The lowest BCUT2D eigenvalue weighted by Crippen LogP contribution is -2.47. The van der Waals surface area contributed by atoms with E-state index in [0.29, 0.717) is 12.1 Å². The number of aliphatic imine (C=N–C) groups is 1. The number of nitrogens with one attached hydrogen (secondary N) is 2. The van der Waals surface area contributed by atoms with Gasteiger partial charge in [-0.2, -0.15) is 26.3 Å². The highest BCUT2D eigenvalue weighted by Crippen LogP contribution is 2.37. The molecule has 0 spiro atoms. The van der Waals surface area contributed by atoms with Crippen LogP contribution in [0.3, 0.4) is 0 Å². The Kier molecular flexibility index (Phi) is 8.24. The fourth-order valence-electron chi connectivity index (χ4n) is 3.58. The van der Waals surface area contributed by atoms with Crippen molar-refractivity contribution in [2.24, 2.45) is 4.99 Å². The van der Waals surface area contributed by atoms with Gasteiger partial charge >= 0.3 is 12.4 Å². The minimum Gasteiger partial charge on any atom is -0.358 e. The van der Waals surface area contributed by atoms with Gasteiger partial charge < -0.3 is 20.4 Å². The number of nitrogens with zero attached hydrogens (tertiary/aromatic N) is 3. The topological polar surface area (TPSA) is 42.9 Å². The lowest BCUT2D eigenvalue weighted by Gasteiger charge is -2.33. The van der Waals surface area contributed by atoms with Crippen molar-refractivity contribution in [3.63, 3.8) is 0 Å². The van der Waals surface area contributed by atoms with Gasteiger partial charge in [0.1, 0.15) is 0 Å². The number of guanidine groups is 1. The van der Waals surface area contributed by atoms with Crippen LogP contribution in [0, 0.1) is 0 Å². The van der Waals surface area contributed by atoms with Gasteiger partial charge in [-0.25, -0.2) is 4.99 Å². The number of alkyl halides is 6. The van der Waals surface area contributed by atoms with E-state index in [-0.39, 0.29) is 28.9 Å². The zero-order valence-corrected chi connectivity index (χ0v) is 19.0. The molecular formula is C20H27F6N5S. The molecule has 1 aromatic rings. The molecule has 0 aromatic heterocycles. The van der Waals surface area contributed by atoms with Crippen LogP contribution in [0.5, 0.6) is 0 Å². The first kappa shape index (κ1) is 26.0. The summed E-state index contributed by atoms with van der Waals surface area (Å²) in [6.45, 7) is 0. The molecule has 2 N–H and O–H groups in total. The molecule has 0 radical (unpaired) electrons. The Bertz CT molecular complexity index is 792. The minimum absolute atomic E-state index is 0.0548. The summed E-state index contributed by atoms with van der Waals surface area (Å²) in [6.07, 6.45) is -6.47. The Balaban J connectivity index is 2.22. The third kappa shape index (κ3) is 7.14. The first-order valence-electron chi connectivity index (χ1n) is 9.98. The molecular weight excluding hydrogens is 456 g/mol. The number of benzene rings is 1. The summed E-state index contributed by atoms with van der Waals surface area (Å²) in [7, 11) is 7.45. The quantitative estimate of drug-likeness (QED) is 0.280. The van der Waals surface area contributed by atoms with Crippen LogP contribution in [-0.4, -0.2) is 61.1 Å². The van der Waals surface area contributed by atoms with Crippen molar-refractivity contribution in [2.45, 2.75) is 50.1 Å². The second-order valence-corrected chi connectivity index (χ2v) is 8.48. The Morgan fingerprint density at radius 3 is 1.88 bits per heavy atom. The highest BCUT2D eigenvalue weighted by molar-refractivity contribution is 7.80. The molecule has 0 amide bonds. The number of rotatable bonds is 3. The number of anilines is 1. The largest absolute Gasteiger partial charge is 0.416 e. The molecule has 2 rings (SSSR count). The van der Waals surface area contributed by atoms with E-state index in [1.54, 1.807) is 0 Å². The van der Waals surface area contributed by atoms with Crippen LogP contribution < -0.4 is 10.6 Å². The zero-order chi connectivity index (χ0) is 24.3. The average Bonchev–Trinajstić information content (AvgIpc) is 2.65. The molecule has 0 bridgehead atoms. The maximum Gasteiger partial charge on any atom is 0.416 e. The third-order valence-corrected chi connectivity index (χ3v) is 5.19. The minimum atomic E-state index is -4.93. The summed E-state index contributed by atoms with van der Waals surface area (Å²) in [5.74, 6) is 0.746. The lowest BCUT2D eigenvalue weighted by molar-refractivity contribution is -0.143. The van der Waals surface area contributed by atoms with Crippen LogP contribution in [-0.2, 0) is 12.4 Å². The fourth-order valence-corrected chi connectivity index (χ4v) is 3.85. The van der Waals surface area contributed by atoms with Crippen LogP contribution >= 0.6 is 12.2 Å². The van der Waals surface area contributed by atoms with Gasteiger partial charge in [0, 0.05) is 33.9 Å². The standard InChI is InChI=1S/C20H27F6N5S/c1-30(2)18(31(3)4)29-16-8-6-5-7-15(16)28-17(32)27-14-10-12(19(21,22)23)9-13(11-14)20(24,25)26/h9-11,15-16H,5-8H2,1-4H3,(H2,27,28,32)/t15-,16-/m1/s1. The zero-order valence-electron chi connectivity index (χ0n) is 18.2. The summed E-state index contributed by atoms with van der Waals surface area (Å²) in [5, 5.41) is 5.46. The van der Waals surface area contributed by atoms with Gasteiger partial charge in [-0.15, -0.1) is 0 Å². The van der Waals surface area contributed by atoms with E-state index in [9.17, 15) is 26.3 Å². The molecule has 1 fully saturated rings. The van der Waals surface area contributed by atoms with E-state index in [4.69, 9.17) is 17.2 Å². The van der Waals surface area contributed by atoms with Crippen LogP contribution in [0.4, 0.5) is 32.0 Å². The van der Waals surface area contributed by atoms with E-state index >= 15 is 0 Å². The van der Waals surface area contributed by atoms with Crippen molar-refractivity contribution < 1.29 is 26.3 Å². The van der Waals surface area contributed by atoms with Gasteiger partial charge in [-0.1, -0.05) is 12.8 Å². The van der Waals surface area contributed by atoms with E-state index in [0.717, 1.165) is 31.6 Å². The number of hydrogen-bond acceptors (Lipinski definition) is 2. The molecule has 5 nitrogen and oxygen atoms in total. The molecule has 0 unspecified atom stereocenters. The Morgan fingerprint density at radius 1 is 0.906 bits per heavy atom. The Hall–Kier alpha value is -2.24. The van der Waals surface area contributed by atoms with Crippen molar-refractivity contribution in [3.05, 3.63) is 29.3 Å². The summed E-state index contributed by atoms with van der Waals surface area (Å²) in [5.41, 5.74) is -3.19.